The Morgan fingerprint density at radius 3 is 2.75 bits per heavy atom. The molecule has 0 aliphatic rings. The molecule has 0 amide bonds. The van der Waals surface area contributed by atoms with Crippen molar-refractivity contribution >= 4 is 34.8 Å². The van der Waals surface area contributed by atoms with E-state index in [1.807, 2.05) is 25.2 Å². The highest BCUT2D eigenvalue weighted by Gasteiger charge is 2.01. The van der Waals surface area contributed by atoms with Gasteiger partial charge >= 0.3 is 0 Å². The first-order valence-corrected chi connectivity index (χ1v) is 4.33. The van der Waals surface area contributed by atoms with Crippen LogP contribution in [0.3, 0.4) is 0 Å². The van der Waals surface area contributed by atoms with E-state index in [4.69, 9.17) is 11.6 Å². The van der Waals surface area contributed by atoms with E-state index in [2.05, 4.69) is 24.5 Å². The number of nitrogens with one attached hydrogen (secondary N) is 1. The Kier molecular flexibility index (Phi) is 3.06. The third-order valence-corrected chi connectivity index (χ3v) is 2.04. The molecule has 0 unspecified atom stereocenters. The molecule has 0 radical (unpaired) electrons. The van der Waals surface area contributed by atoms with Gasteiger partial charge in [-0.25, -0.2) is 0 Å². The largest absolute Gasteiger partial charge is 0.388 e. The highest BCUT2D eigenvalue weighted by molar-refractivity contribution is 7.90. The maximum absolute atomic E-state index is 5.82. The predicted octanol–water partition coefficient (Wildman–Crippen LogP) is 3.28. The van der Waals surface area contributed by atoms with Crippen molar-refractivity contribution in [3.63, 3.8) is 0 Å². The second-order valence-electron chi connectivity index (χ2n) is 2.39. The van der Waals surface area contributed by atoms with Crippen LogP contribution in [0.15, 0.2) is 24.8 Å². The Morgan fingerprint density at radius 2 is 2.25 bits per heavy atom. The summed E-state index contributed by atoms with van der Waals surface area (Å²) in [5.74, 6) is 0. The number of anilines is 1. The first-order chi connectivity index (χ1) is 5.65. The normalized spacial score (nSPS) is 9.58. The lowest BCUT2D eigenvalue weighted by atomic mass is 10.2. The van der Waals surface area contributed by atoms with E-state index in [1.165, 1.54) is 0 Å². The number of halogens is 1. The van der Waals surface area contributed by atoms with Crippen LogP contribution in [0.2, 0.25) is 5.02 Å². The lowest BCUT2D eigenvalue weighted by Gasteiger charge is -2.07. The molecule has 12 heavy (non-hydrogen) atoms. The predicted molar refractivity (Wildman–Crippen MR) is 59.0 cm³/mol. The topological polar surface area (TPSA) is 12.0 Å². The van der Waals surface area contributed by atoms with Crippen LogP contribution in [-0.2, 0) is 0 Å². The fourth-order valence-corrected chi connectivity index (χ4v) is 1.33. The molecule has 0 bridgehead atoms. The molecule has 0 heterocycles. The Morgan fingerprint density at radius 1 is 1.58 bits per heavy atom. The number of rotatable bonds is 2. The Bertz CT molecular complexity index is 309. The monoisotopic (exact) mass is 199 g/mol. The second kappa shape index (κ2) is 3.87. The number of hydrogen-bond acceptors (Lipinski definition) is 2. The number of thiol groups is 1. The molecule has 1 nitrogen and oxygen atoms in total. The van der Waals surface area contributed by atoms with E-state index in [1.54, 1.807) is 0 Å². The molecule has 1 N–H and O–H groups in total. The molecule has 0 aliphatic carbocycles. The quantitative estimate of drug-likeness (QED) is 0.697. The highest BCUT2D eigenvalue weighted by atomic mass is 35.5. The second-order valence-corrected chi connectivity index (χ2v) is 3.36. The van der Waals surface area contributed by atoms with Crippen LogP contribution in [-0.4, -0.2) is 7.05 Å². The summed E-state index contributed by atoms with van der Waals surface area (Å²) >= 11 is 9.98. The zero-order valence-corrected chi connectivity index (χ0v) is 8.41. The Labute approximate surface area is 82.8 Å². The maximum Gasteiger partial charge on any atom is 0.0423 e. The standard InChI is InChI=1S/C9H10ClNS/c1-6(12)8-5-7(10)3-4-9(8)11-2/h3-5,11-12H,1H2,2H3. The van der Waals surface area contributed by atoms with E-state index in [-0.39, 0.29) is 0 Å². The average Bonchev–Trinajstić information content (AvgIpc) is 2.04. The van der Waals surface area contributed by atoms with Crippen LogP contribution >= 0.6 is 24.2 Å². The summed E-state index contributed by atoms with van der Waals surface area (Å²) in [6, 6.07) is 5.56. The first kappa shape index (κ1) is 9.49. The molecule has 1 aromatic rings. The summed E-state index contributed by atoms with van der Waals surface area (Å²) in [6.07, 6.45) is 0. The minimum absolute atomic E-state index is 0.694. The minimum Gasteiger partial charge on any atom is -0.388 e. The first-order valence-electron chi connectivity index (χ1n) is 3.50. The van der Waals surface area contributed by atoms with Crippen molar-refractivity contribution in [3.8, 4) is 0 Å². The van der Waals surface area contributed by atoms with Crippen molar-refractivity contribution in [2.75, 3.05) is 12.4 Å². The van der Waals surface area contributed by atoms with Gasteiger partial charge < -0.3 is 5.32 Å². The van der Waals surface area contributed by atoms with Gasteiger partial charge in [0.25, 0.3) is 0 Å². The molecule has 0 atom stereocenters. The van der Waals surface area contributed by atoms with Crippen LogP contribution in [0.4, 0.5) is 5.69 Å². The van der Waals surface area contributed by atoms with Gasteiger partial charge in [-0.05, 0) is 18.2 Å². The van der Waals surface area contributed by atoms with E-state index >= 15 is 0 Å². The van der Waals surface area contributed by atoms with Gasteiger partial charge in [0.2, 0.25) is 0 Å². The lowest BCUT2D eigenvalue weighted by Crippen LogP contribution is -1.92. The van der Waals surface area contributed by atoms with Gasteiger partial charge in [0, 0.05) is 28.2 Å². The molecule has 1 aromatic carbocycles. The number of hydrogen-bond donors (Lipinski definition) is 2. The molecule has 0 saturated carbocycles. The van der Waals surface area contributed by atoms with Gasteiger partial charge in [0.05, 0.1) is 0 Å². The van der Waals surface area contributed by atoms with Crippen LogP contribution < -0.4 is 5.32 Å². The molecule has 0 aliphatic heterocycles. The van der Waals surface area contributed by atoms with Crippen molar-refractivity contribution < 1.29 is 0 Å². The van der Waals surface area contributed by atoms with E-state index in [0.717, 1.165) is 11.3 Å². The van der Waals surface area contributed by atoms with Gasteiger partial charge in [-0.2, -0.15) is 0 Å². The maximum atomic E-state index is 5.82. The molecular formula is C9H10ClNS. The number of benzene rings is 1. The molecular weight excluding hydrogens is 190 g/mol. The van der Waals surface area contributed by atoms with Crippen molar-refractivity contribution in [3.05, 3.63) is 35.4 Å². The van der Waals surface area contributed by atoms with Gasteiger partial charge in [0.1, 0.15) is 0 Å². The van der Waals surface area contributed by atoms with E-state index in [9.17, 15) is 0 Å². The third-order valence-electron chi connectivity index (χ3n) is 1.56. The molecule has 3 heteroatoms. The SMILES string of the molecule is C=C(S)c1cc(Cl)ccc1NC. The van der Waals surface area contributed by atoms with Crippen molar-refractivity contribution in [2.45, 2.75) is 0 Å². The zero-order valence-electron chi connectivity index (χ0n) is 6.76. The fraction of sp³-hybridized carbons (Fsp3) is 0.111. The van der Waals surface area contributed by atoms with E-state index in [0.29, 0.717) is 9.93 Å². The Hall–Kier alpha value is -0.600. The van der Waals surface area contributed by atoms with Gasteiger partial charge in [-0.3, -0.25) is 0 Å². The summed E-state index contributed by atoms with van der Waals surface area (Å²) in [5.41, 5.74) is 1.92. The summed E-state index contributed by atoms with van der Waals surface area (Å²) in [5, 5.41) is 3.73. The summed E-state index contributed by atoms with van der Waals surface area (Å²) in [4.78, 5) is 0.710. The van der Waals surface area contributed by atoms with Gasteiger partial charge in [0.15, 0.2) is 0 Å². The lowest BCUT2D eigenvalue weighted by molar-refractivity contribution is 1.49. The van der Waals surface area contributed by atoms with Gasteiger partial charge in [-0.15, -0.1) is 12.6 Å². The summed E-state index contributed by atoms with van der Waals surface area (Å²) in [7, 11) is 1.85. The van der Waals surface area contributed by atoms with Crippen molar-refractivity contribution in [1.82, 2.24) is 0 Å². The smallest absolute Gasteiger partial charge is 0.0423 e. The third kappa shape index (κ3) is 1.96. The van der Waals surface area contributed by atoms with Crippen LogP contribution in [0.1, 0.15) is 5.56 Å². The van der Waals surface area contributed by atoms with Crippen molar-refractivity contribution in [2.24, 2.45) is 0 Å². The summed E-state index contributed by atoms with van der Waals surface area (Å²) in [6.45, 7) is 3.74. The summed E-state index contributed by atoms with van der Waals surface area (Å²) < 4.78 is 0. The molecule has 0 spiro atoms. The zero-order chi connectivity index (χ0) is 9.14. The average molecular weight is 200 g/mol. The molecule has 1 rings (SSSR count). The molecule has 0 saturated heterocycles. The van der Waals surface area contributed by atoms with Crippen LogP contribution in [0.25, 0.3) is 4.91 Å². The van der Waals surface area contributed by atoms with Gasteiger partial charge in [-0.1, -0.05) is 18.2 Å². The molecule has 0 fully saturated rings. The highest BCUT2D eigenvalue weighted by Crippen LogP contribution is 2.27. The van der Waals surface area contributed by atoms with E-state index < -0.39 is 0 Å². The molecule has 64 valence electrons. The Balaban J connectivity index is 3.21. The van der Waals surface area contributed by atoms with Crippen LogP contribution in [0.5, 0.6) is 0 Å². The van der Waals surface area contributed by atoms with Crippen LogP contribution in [0, 0.1) is 0 Å². The minimum atomic E-state index is 0.694. The van der Waals surface area contributed by atoms with Crippen molar-refractivity contribution in [1.29, 1.82) is 0 Å². The molecule has 0 aromatic heterocycles. The fourth-order valence-electron chi connectivity index (χ4n) is 0.973.